The smallest absolute Gasteiger partial charge is 0.245 e. The molecule has 5 rings (SSSR count). The maximum absolute atomic E-state index is 13.2. The molecule has 1 amide bonds. The lowest BCUT2D eigenvalue weighted by atomic mass is 10.1. The van der Waals surface area contributed by atoms with Crippen molar-refractivity contribution in [2.45, 2.75) is 44.6 Å². The molecule has 3 aliphatic rings. The van der Waals surface area contributed by atoms with Gasteiger partial charge in [-0.25, -0.2) is 4.98 Å². The second-order valence-corrected chi connectivity index (χ2v) is 8.82. The fourth-order valence-electron chi connectivity index (χ4n) is 4.17. The van der Waals surface area contributed by atoms with Crippen molar-refractivity contribution in [1.29, 1.82) is 0 Å². The first-order valence-electron chi connectivity index (χ1n) is 9.90. The molecule has 0 unspecified atom stereocenters. The Labute approximate surface area is 158 Å². The van der Waals surface area contributed by atoms with Gasteiger partial charge in [-0.15, -0.1) is 0 Å². The Hall–Kier alpha value is -1.88. The molecule has 0 N–H and O–H groups in total. The van der Waals surface area contributed by atoms with Crippen molar-refractivity contribution >= 4 is 22.2 Å². The van der Waals surface area contributed by atoms with E-state index in [1.165, 1.54) is 29.8 Å². The summed E-state index contributed by atoms with van der Waals surface area (Å²) >= 11 is 1.76. The van der Waals surface area contributed by atoms with Gasteiger partial charge in [0, 0.05) is 31.6 Å². The highest BCUT2D eigenvalue weighted by Crippen LogP contribution is 2.44. The lowest BCUT2D eigenvalue weighted by Crippen LogP contribution is -2.49. The number of piperidine rings is 1. The molecule has 2 aromatic rings. The molecule has 0 radical (unpaired) electrons. The maximum atomic E-state index is 13.2. The van der Waals surface area contributed by atoms with Crippen LogP contribution in [0.3, 0.4) is 0 Å². The van der Waals surface area contributed by atoms with E-state index < -0.39 is 0 Å². The Balaban J connectivity index is 1.42. The van der Waals surface area contributed by atoms with E-state index in [0.29, 0.717) is 5.91 Å². The van der Waals surface area contributed by atoms with E-state index in [1.54, 1.807) is 11.3 Å². The first-order valence-corrected chi connectivity index (χ1v) is 10.7. The van der Waals surface area contributed by atoms with Gasteiger partial charge in [0.05, 0.1) is 5.69 Å². The quantitative estimate of drug-likeness (QED) is 0.821. The van der Waals surface area contributed by atoms with Gasteiger partial charge in [0.15, 0.2) is 0 Å². The third kappa shape index (κ3) is 3.02. The lowest BCUT2D eigenvalue weighted by molar-refractivity contribution is -0.133. The normalized spacial score (nSPS) is 22.5. The predicted molar refractivity (Wildman–Crippen MR) is 106 cm³/mol. The second kappa shape index (κ2) is 6.69. The van der Waals surface area contributed by atoms with Gasteiger partial charge in [-0.05, 0) is 38.0 Å². The highest BCUT2D eigenvalue weighted by Gasteiger charge is 2.41. The molecular weight excluding hydrogens is 342 g/mol. The number of hydrogen-bond acceptors (Lipinski definition) is 4. The molecule has 1 saturated heterocycles. The molecule has 1 aromatic carbocycles. The largest absolute Gasteiger partial charge is 0.349 e. The molecule has 2 fully saturated rings. The van der Waals surface area contributed by atoms with Crippen LogP contribution < -0.4 is 4.90 Å². The molecule has 136 valence electrons. The van der Waals surface area contributed by atoms with Gasteiger partial charge in [0.25, 0.3) is 0 Å². The average Bonchev–Trinajstić information content (AvgIpc) is 3.32. The number of rotatable bonds is 4. The number of fused-ring (bicyclic) bond motifs is 1. The van der Waals surface area contributed by atoms with Crippen LogP contribution in [0.1, 0.15) is 37.8 Å². The molecule has 3 heterocycles. The summed E-state index contributed by atoms with van der Waals surface area (Å²) in [6, 6.07) is 10.4. The number of nitrogens with zero attached hydrogens (tertiary/aromatic N) is 3. The summed E-state index contributed by atoms with van der Waals surface area (Å²) < 4.78 is 0. The third-order valence-electron chi connectivity index (χ3n) is 5.83. The molecule has 5 heteroatoms. The zero-order valence-corrected chi connectivity index (χ0v) is 15.9. The highest BCUT2D eigenvalue weighted by atomic mass is 32.1. The zero-order valence-electron chi connectivity index (χ0n) is 15.1. The minimum atomic E-state index is -0.0210. The van der Waals surface area contributed by atoms with E-state index in [0.717, 1.165) is 55.5 Å². The number of benzene rings is 1. The Bertz CT molecular complexity index is 793. The van der Waals surface area contributed by atoms with E-state index in [9.17, 15) is 4.79 Å². The number of aromatic nitrogens is 1. The summed E-state index contributed by atoms with van der Waals surface area (Å²) in [5.74, 6) is 1.09. The van der Waals surface area contributed by atoms with Gasteiger partial charge in [-0.3, -0.25) is 4.79 Å². The van der Waals surface area contributed by atoms with Gasteiger partial charge in [0.1, 0.15) is 16.1 Å². The fourth-order valence-corrected chi connectivity index (χ4v) is 5.33. The number of carbonyl (C=O) groups is 1. The minimum absolute atomic E-state index is 0.0210. The molecule has 4 nitrogen and oxygen atoms in total. The van der Waals surface area contributed by atoms with Gasteiger partial charge < -0.3 is 9.80 Å². The lowest BCUT2D eigenvalue weighted by Gasteiger charge is -2.33. The average molecular weight is 368 g/mol. The molecule has 0 bridgehead atoms. The van der Waals surface area contributed by atoms with Crippen LogP contribution in [0.25, 0.3) is 10.6 Å². The van der Waals surface area contributed by atoms with Crippen LogP contribution in [0, 0.1) is 5.92 Å². The number of hydrogen-bond donors (Lipinski definition) is 0. The monoisotopic (exact) mass is 367 g/mol. The maximum Gasteiger partial charge on any atom is 0.245 e. The standard InChI is InChI=1S/C21H25N3OS/c25-20(23-11-5-2-6-12-23)18-13-17-21(24(18)14-15-9-10-15)26-19(22-17)16-7-3-1-4-8-16/h1,3-4,7-8,15,18H,2,5-6,9-14H2/t18-/m1/s1. The third-order valence-corrected chi connectivity index (χ3v) is 7.01. The first kappa shape index (κ1) is 16.3. The number of anilines is 1. The van der Waals surface area contributed by atoms with Crippen molar-refractivity contribution in [3.8, 4) is 10.6 Å². The van der Waals surface area contributed by atoms with Crippen molar-refractivity contribution in [3.05, 3.63) is 36.0 Å². The van der Waals surface area contributed by atoms with E-state index in [1.807, 2.05) is 6.07 Å². The van der Waals surface area contributed by atoms with Crippen LogP contribution in [0.4, 0.5) is 5.00 Å². The molecule has 26 heavy (non-hydrogen) atoms. The Morgan fingerprint density at radius 1 is 1.12 bits per heavy atom. The SMILES string of the molecule is O=C([C@H]1Cc2nc(-c3ccccc3)sc2N1CC1CC1)N1CCCCC1. The summed E-state index contributed by atoms with van der Waals surface area (Å²) in [5, 5.41) is 2.33. The van der Waals surface area contributed by atoms with Crippen LogP contribution in [0.2, 0.25) is 0 Å². The van der Waals surface area contributed by atoms with E-state index in [4.69, 9.17) is 4.98 Å². The van der Waals surface area contributed by atoms with E-state index >= 15 is 0 Å². The van der Waals surface area contributed by atoms with Crippen LogP contribution in [-0.2, 0) is 11.2 Å². The van der Waals surface area contributed by atoms with E-state index in [-0.39, 0.29) is 6.04 Å². The summed E-state index contributed by atoms with van der Waals surface area (Å²) in [6.45, 7) is 2.89. The molecule has 2 aliphatic heterocycles. The molecule has 1 aromatic heterocycles. The summed E-state index contributed by atoms with van der Waals surface area (Å²) in [7, 11) is 0. The van der Waals surface area contributed by atoms with Crippen molar-refractivity contribution in [2.75, 3.05) is 24.5 Å². The summed E-state index contributed by atoms with van der Waals surface area (Å²) in [5.41, 5.74) is 2.31. The van der Waals surface area contributed by atoms with Gasteiger partial charge in [0.2, 0.25) is 5.91 Å². The molecule has 0 spiro atoms. The van der Waals surface area contributed by atoms with Crippen LogP contribution in [-0.4, -0.2) is 41.5 Å². The van der Waals surface area contributed by atoms with Crippen molar-refractivity contribution in [1.82, 2.24) is 9.88 Å². The van der Waals surface area contributed by atoms with Gasteiger partial charge >= 0.3 is 0 Å². The molecule has 1 atom stereocenters. The zero-order chi connectivity index (χ0) is 17.5. The summed E-state index contributed by atoms with van der Waals surface area (Å²) in [4.78, 5) is 22.6. The topological polar surface area (TPSA) is 36.4 Å². The Morgan fingerprint density at radius 2 is 1.88 bits per heavy atom. The van der Waals surface area contributed by atoms with Crippen LogP contribution >= 0.6 is 11.3 Å². The van der Waals surface area contributed by atoms with Gasteiger partial charge in [-0.1, -0.05) is 41.7 Å². The summed E-state index contributed by atoms with van der Waals surface area (Å²) in [6.07, 6.45) is 6.95. The fraction of sp³-hybridized carbons (Fsp3) is 0.524. The molecule has 1 aliphatic carbocycles. The predicted octanol–water partition coefficient (Wildman–Crippen LogP) is 3.96. The Morgan fingerprint density at radius 3 is 2.62 bits per heavy atom. The van der Waals surface area contributed by atoms with E-state index in [2.05, 4.69) is 34.1 Å². The second-order valence-electron chi connectivity index (χ2n) is 7.84. The number of carbonyl (C=O) groups excluding carboxylic acids is 1. The van der Waals surface area contributed by atoms with Crippen LogP contribution in [0.15, 0.2) is 30.3 Å². The number of thiazole rings is 1. The molecular formula is C21H25N3OS. The molecule has 1 saturated carbocycles. The first-order chi connectivity index (χ1) is 12.8. The number of likely N-dealkylation sites (tertiary alicyclic amines) is 1. The Kier molecular flexibility index (Phi) is 4.20. The van der Waals surface area contributed by atoms with Crippen LogP contribution in [0.5, 0.6) is 0 Å². The highest BCUT2D eigenvalue weighted by molar-refractivity contribution is 7.19. The van der Waals surface area contributed by atoms with Crippen molar-refractivity contribution < 1.29 is 4.79 Å². The van der Waals surface area contributed by atoms with Gasteiger partial charge in [-0.2, -0.15) is 0 Å². The minimum Gasteiger partial charge on any atom is -0.349 e. The number of amides is 1. The van der Waals surface area contributed by atoms with Crippen molar-refractivity contribution in [3.63, 3.8) is 0 Å². The van der Waals surface area contributed by atoms with Crippen molar-refractivity contribution in [2.24, 2.45) is 5.92 Å².